The van der Waals surface area contributed by atoms with Gasteiger partial charge in [-0.2, -0.15) is 0 Å². The van der Waals surface area contributed by atoms with Crippen molar-refractivity contribution >= 4 is 29.8 Å². The summed E-state index contributed by atoms with van der Waals surface area (Å²) < 4.78 is 0. The van der Waals surface area contributed by atoms with Crippen LogP contribution in [0.4, 0.5) is 0 Å². The van der Waals surface area contributed by atoms with Gasteiger partial charge in [-0.05, 0) is 38.1 Å². The molecular formula is C12H15Cl2NO. The van der Waals surface area contributed by atoms with Crippen molar-refractivity contribution in [2.24, 2.45) is 5.92 Å². The van der Waals surface area contributed by atoms with Gasteiger partial charge in [0.15, 0.2) is 5.78 Å². The van der Waals surface area contributed by atoms with Gasteiger partial charge in [-0.15, -0.1) is 12.4 Å². The fourth-order valence-corrected chi connectivity index (χ4v) is 2.15. The van der Waals surface area contributed by atoms with Crippen molar-refractivity contribution in [3.63, 3.8) is 0 Å². The summed E-state index contributed by atoms with van der Waals surface area (Å²) in [6.07, 6.45) is 1.87. The first-order valence-electron chi connectivity index (χ1n) is 5.28. The quantitative estimate of drug-likeness (QED) is 0.828. The average molecular weight is 260 g/mol. The van der Waals surface area contributed by atoms with Gasteiger partial charge in [0.25, 0.3) is 0 Å². The molecule has 1 aliphatic rings. The second-order valence-corrected chi connectivity index (χ2v) is 4.34. The summed E-state index contributed by atoms with van der Waals surface area (Å²) in [5.41, 5.74) is 0.745. The molecule has 0 amide bonds. The Morgan fingerprint density at radius 1 is 1.31 bits per heavy atom. The van der Waals surface area contributed by atoms with Crippen molar-refractivity contribution in [2.75, 3.05) is 13.1 Å². The molecule has 1 aromatic carbocycles. The Balaban J connectivity index is 0.00000128. The second kappa shape index (κ2) is 6.24. The molecule has 0 radical (unpaired) electrons. The molecule has 1 aromatic rings. The Morgan fingerprint density at radius 3 is 2.62 bits per heavy atom. The number of hydrogen-bond donors (Lipinski definition) is 1. The summed E-state index contributed by atoms with van der Waals surface area (Å²) in [6, 6.07) is 7.22. The predicted octanol–water partition coefficient (Wildman–Crippen LogP) is 2.94. The van der Waals surface area contributed by atoms with E-state index < -0.39 is 0 Å². The monoisotopic (exact) mass is 259 g/mol. The van der Waals surface area contributed by atoms with Crippen LogP contribution < -0.4 is 5.32 Å². The Bertz CT molecular complexity index is 362. The van der Waals surface area contributed by atoms with E-state index >= 15 is 0 Å². The number of halogens is 2. The minimum Gasteiger partial charge on any atom is -0.317 e. The van der Waals surface area contributed by atoms with Crippen LogP contribution in [0.2, 0.25) is 5.02 Å². The first-order chi connectivity index (χ1) is 7.27. The topological polar surface area (TPSA) is 29.1 Å². The van der Waals surface area contributed by atoms with Gasteiger partial charge >= 0.3 is 0 Å². The molecule has 1 fully saturated rings. The summed E-state index contributed by atoms with van der Waals surface area (Å²) >= 11 is 5.86. The molecule has 0 unspecified atom stereocenters. The third-order valence-corrected chi connectivity index (χ3v) is 3.05. The maximum absolute atomic E-state index is 12.1. The van der Waals surface area contributed by atoms with Crippen LogP contribution in [0.15, 0.2) is 24.3 Å². The van der Waals surface area contributed by atoms with Crippen LogP contribution in [0.3, 0.4) is 0 Å². The summed E-state index contributed by atoms with van der Waals surface area (Å²) in [4.78, 5) is 12.1. The van der Waals surface area contributed by atoms with Gasteiger partial charge < -0.3 is 5.32 Å². The largest absolute Gasteiger partial charge is 0.317 e. The van der Waals surface area contributed by atoms with Crippen molar-refractivity contribution in [2.45, 2.75) is 12.8 Å². The number of carbonyl (C=O) groups excluding carboxylic acids is 1. The number of nitrogens with one attached hydrogen (secondary N) is 1. The Hall–Kier alpha value is -0.570. The van der Waals surface area contributed by atoms with Crippen LogP contribution in [0.25, 0.3) is 0 Å². The summed E-state index contributed by atoms with van der Waals surface area (Å²) in [5, 5.41) is 3.89. The van der Waals surface area contributed by atoms with E-state index in [1.54, 1.807) is 12.1 Å². The van der Waals surface area contributed by atoms with Crippen LogP contribution in [-0.4, -0.2) is 18.9 Å². The smallest absolute Gasteiger partial charge is 0.166 e. The van der Waals surface area contributed by atoms with E-state index in [0.29, 0.717) is 5.02 Å². The number of piperidine rings is 1. The SMILES string of the molecule is Cl.O=C(c1cccc(Cl)c1)C1CCNCC1. The minimum atomic E-state index is 0. The molecule has 0 aromatic heterocycles. The number of ketones is 1. The van der Waals surface area contributed by atoms with E-state index in [0.717, 1.165) is 31.5 Å². The van der Waals surface area contributed by atoms with Crippen molar-refractivity contribution < 1.29 is 4.79 Å². The normalized spacial score (nSPS) is 16.6. The molecule has 16 heavy (non-hydrogen) atoms. The molecule has 88 valence electrons. The molecule has 0 atom stereocenters. The Morgan fingerprint density at radius 2 is 2.00 bits per heavy atom. The van der Waals surface area contributed by atoms with Crippen LogP contribution >= 0.6 is 24.0 Å². The van der Waals surface area contributed by atoms with E-state index in [1.165, 1.54) is 0 Å². The first-order valence-corrected chi connectivity index (χ1v) is 5.65. The van der Waals surface area contributed by atoms with Crippen molar-refractivity contribution in [3.8, 4) is 0 Å². The lowest BCUT2D eigenvalue weighted by atomic mass is 9.90. The molecule has 1 saturated heterocycles. The van der Waals surface area contributed by atoms with Gasteiger partial charge in [0.05, 0.1) is 0 Å². The lowest BCUT2D eigenvalue weighted by Gasteiger charge is -2.21. The number of benzene rings is 1. The minimum absolute atomic E-state index is 0. The zero-order valence-corrected chi connectivity index (χ0v) is 10.5. The number of hydrogen-bond acceptors (Lipinski definition) is 2. The lowest BCUT2D eigenvalue weighted by Crippen LogP contribution is -2.31. The predicted molar refractivity (Wildman–Crippen MR) is 68.6 cm³/mol. The third-order valence-electron chi connectivity index (χ3n) is 2.82. The average Bonchev–Trinajstić information content (AvgIpc) is 2.29. The zero-order chi connectivity index (χ0) is 10.7. The van der Waals surface area contributed by atoms with E-state index in [9.17, 15) is 4.79 Å². The van der Waals surface area contributed by atoms with Crippen molar-refractivity contribution in [1.82, 2.24) is 5.32 Å². The maximum atomic E-state index is 12.1. The molecule has 1 N–H and O–H groups in total. The number of rotatable bonds is 2. The van der Waals surface area contributed by atoms with Crippen LogP contribution in [0.1, 0.15) is 23.2 Å². The van der Waals surface area contributed by atoms with Crippen LogP contribution in [0, 0.1) is 5.92 Å². The van der Waals surface area contributed by atoms with Gasteiger partial charge in [0.2, 0.25) is 0 Å². The molecular weight excluding hydrogens is 245 g/mol. The van der Waals surface area contributed by atoms with Crippen molar-refractivity contribution in [1.29, 1.82) is 0 Å². The highest BCUT2D eigenvalue weighted by Gasteiger charge is 2.21. The van der Waals surface area contributed by atoms with E-state index in [-0.39, 0.29) is 24.1 Å². The first kappa shape index (κ1) is 13.5. The second-order valence-electron chi connectivity index (χ2n) is 3.90. The molecule has 0 spiro atoms. The van der Waals surface area contributed by atoms with E-state index in [2.05, 4.69) is 5.32 Å². The van der Waals surface area contributed by atoms with Gasteiger partial charge in [-0.1, -0.05) is 23.7 Å². The highest BCUT2D eigenvalue weighted by molar-refractivity contribution is 6.31. The Labute approximate surface area is 107 Å². The van der Waals surface area contributed by atoms with Gasteiger partial charge in [-0.25, -0.2) is 0 Å². The number of Topliss-reactive ketones (excluding diaryl/α,β-unsaturated/α-hetero) is 1. The lowest BCUT2D eigenvalue weighted by molar-refractivity contribution is 0.0895. The van der Waals surface area contributed by atoms with E-state index in [1.807, 2.05) is 12.1 Å². The maximum Gasteiger partial charge on any atom is 0.166 e. The molecule has 1 aliphatic heterocycles. The van der Waals surface area contributed by atoms with E-state index in [4.69, 9.17) is 11.6 Å². The Kier molecular flexibility index (Phi) is 5.26. The fourth-order valence-electron chi connectivity index (χ4n) is 1.96. The van der Waals surface area contributed by atoms with Crippen LogP contribution in [0.5, 0.6) is 0 Å². The van der Waals surface area contributed by atoms with Gasteiger partial charge in [-0.3, -0.25) is 4.79 Å². The zero-order valence-electron chi connectivity index (χ0n) is 8.91. The molecule has 4 heteroatoms. The molecule has 2 nitrogen and oxygen atoms in total. The standard InChI is InChI=1S/C12H14ClNO.ClH/c13-11-3-1-2-10(8-11)12(15)9-4-6-14-7-5-9;/h1-3,8-9,14H,4-7H2;1H. The molecule has 0 saturated carbocycles. The third kappa shape index (κ3) is 3.21. The molecule has 0 aliphatic carbocycles. The van der Waals surface area contributed by atoms with Crippen molar-refractivity contribution in [3.05, 3.63) is 34.9 Å². The summed E-state index contributed by atoms with van der Waals surface area (Å²) in [7, 11) is 0. The van der Waals surface area contributed by atoms with Crippen LogP contribution in [-0.2, 0) is 0 Å². The molecule has 1 heterocycles. The summed E-state index contributed by atoms with van der Waals surface area (Å²) in [6.45, 7) is 1.88. The van der Waals surface area contributed by atoms with Gasteiger partial charge in [0.1, 0.15) is 0 Å². The van der Waals surface area contributed by atoms with Gasteiger partial charge in [0, 0.05) is 16.5 Å². The fraction of sp³-hybridized carbons (Fsp3) is 0.417. The molecule has 0 bridgehead atoms. The number of carbonyl (C=O) groups is 1. The summed E-state index contributed by atoms with van der Waals surface area (Å²) in [5.74, 6) is 0.406. The highest BCUT2D eigenvalue weighted by Crippen LogP contribution is 2.20. The molecule has 2 rings (SSSR count). The highest BCUT2D eigenvalue weighted by atomic mass is 35.5.